The van der Waals surface area contributed by atoms with Gasteiger partial charge in [-0.1, -0.05) is 23.2 Å². The topological polar surface area (TPSA) is 39.2 Å². The number of Topliss-reactive ketones (excluding diaryl/α,β-unsaturated/α-hetero) is 1. The second kappa shape index (κ2) is 5.23. The quantitative estimate of drug-likeness (QED) is 0.828. The molecule has 1 aliphatic rings. The maximum absolute atomic E-state index is 11.4. The summed E-state index contributed by atoms with van der Waals surface area (Å²) >= 11 is 12.4. The smallest absolute Gasteiger partial charge is 0.164 e. The van der Waals surface area contributed by atoms with E-state index in [1.54, 1.807) is 6.07 Å². The molecule has 104 valence electrons. The van der Waals surface area contributed by atoms with Crippen LogP contribution in [0.3, 0.4) is 0 Å². The van der Waals surface area contributed by atoms with E-state index in [2.05, 4.69) is 4.98 Å². The number of halogens is 2. The van der Waals surface area contributed by atoms with Gasteiger partial charge >= 0.3 is 0 Å². The standard InChI is InChI=1S/C15H13Cl2NO2/c1-8-2-5-11-12(16)7-13(17)15(14(11)18-8)20-10-4-3-9(19)6-10/h2,5,7,10H,3-4,6H2,1H3. The second-order valence-electron chi connectivity index (χ2n) is 5.04. The first-order valence-electron chi connectivity index (χ1n) is 6.48. The first kappa shape index (κ1) is 13.7. The fourth-order valence-electron chi connectivity index (χ4n) is 2.45. The van der Waals surface area contributed by atoms with Crippen LogP contribution < -0.4 is 4.74 Å². The van der Waals surface area contributed by atoms with Crippen molar-refractivity contribution in [3.63, 3.8) is 0 Å². The normalized spacial score (nSPS) is 18.8. The Morgan fingerprint density at radius 2 is 2.10 bits per heavy atom. The highest BCUT2D eigenvalue weighted by atomic mass is 35.5. The molecule has 0 N–H and O–H groups in total. The van der Waals surface area contributed by atoms with Crippen LogP contribution in [0.25, 0.3) is 10.9 Å². The highest BCUT2D eigenvalue weighted by Gasteiger charge is 2.25. The third-order valence-corrected chi connectivity index (χ3v) is 4.06. The van der Waals surface area contributed by atoms with Crippen LogP contribution >= 0.6 is 23.2 Å². The van der Waals surface area contributed by atoms with Crippen molar-refractivity contribution >= 4 is 39.9 Å². The molecule has 0 bridgehead atoms. The van der Waals surface area contributed by atoms with Gasteiger partial charge in [0.25, 0.3) is 0 Å². The Bertz CT molecular complexity index is 700. The molecule has 0 aliphatic heterocycles. The summed E-state index contributed by atoms with van der Waals surface area (Å²) in [7, 11) is 0. The Labute approximate surface area is 126 Å². The number of nitrogens with zero attached hydrogens (tertiary/aromatic N) is 1. The number of rotatable bonds is 2. The molecular weight excluding hydrogens is 297 g/mol. The van der Waals surface area contributed by atoms with Gasteiger partial charge in [-0.05, 0) is 31.5 Å². The summed E-state index contributed by atoms with van der Waals surface area (Å²) in [6.07, 6.45) is 1.61. The van der Waals surface area contributed by atoms with Crippen LogP contribution in [0.2, 0.25) is 10.0 Å². The number of ether oxygens (including phenoxy) is 1. The van der Waals surface area contributed by atoms with E-state index in [0.29, 0.717) is 34.2 Å². The molecule has 1 aromatic heterocycles. The van der Waals surface area contributed by atoms with Crippen molar-refractivity contribution in [3.05, 3.63) is 33.9 Å². The van der Waals surface area contributed by atoms with Crippen molar-refractivity contribution in [2.45, 2.75) is 32.3 Å². The highest BCUT2D eigenvalue weighted by Crippen LogP contribution is 2.38. The molecule has 2 aromatic rings. The minimum absolute atomic E-state index is 0.119. The van der Waals surface area contributed by atoms with Crippen molar-refractivity contribution in [2.75, 3.05) is 0 Å². The lowest BCUT2D eigenvalue weighted by Crippen LogP contribution is -2.13. The highest BCUT2D eigenvalue weighted by molar-refractivity contribution is 6.39. The van der Waals surface area contributed by atoms with Crippen LogP contribution in [-0.4, -0.2) is 16.9 Å². The number of carbonyl (C=O) groups is 1. The number of hydrogen-bond donors (Lipinski definition) is 0. The third-order valence-electron chi connectivity index (χ3n) is 3.46. The third kappa shape index (κ3) is 2.48. The van der Waals surface area contributed by atoms with E-state index in [-0.39, 0.29) is 11.9 Å². The lowest BCUT2D eigenvalue weighted by atomic mass is 10.2. The summed E-state index contributed by atoms with van der Waals surface area (Å²) < 4.78 is 5.93. The predicted molar refractivity (Wildman–Crippen MR) is 79.8 cm³/mol. The number of ketones is 1. The molecule has 0 saturated heterocycles. The molecule has 1 heterocycles. The van der Waals surface area contributed by atoms with Crippen LogP contribution in [-0.2, 0) is 4.79 Å². The van der Waals surface area contributed by atoms with Gasteiger partial charge in [-0.25, -0.2) is 4.98 Å². The molecule has 0 amide bonds. The lowest BCUT2D eigenvalue weighted by Gasteiger charge is -2.16. The maximum Gasteiger partial charge on any atom is 0.164 e. The Morgan fingerprint density at radius 3 is 2.80 bits per heavy atom. The number of hydrogen-bond acceptors (Lipinski definition) is 3. The average molecular weight is 310 g/mol. The average Bonchev–Trinajstić information content (AvgIpc) is 2.80. The van der Waals surface area contributed by atoms with Gasteiger partial charge in [0, 0.05) is 23.9 Å². The number of benzene rings is 1. The molecule has 0 spiro atoms. The molecule has 5 heteroatoms. The van der Waals surface area contributed by atoms with E-state index >= 15 is 0 Å². The Hall–Kier alpha value is -1.32. The molecule has 1 aromatic carbocycles. The number of aromatic nitrogens is 1. The fraction of sp³-hybridized carbons (Fsp3) is 0.333. The minimum atomic E-state index is -0.119. The number of aryl methyl sites for hydroxylation is 1. The fourth-order valence-corrected chi connectivity index (χ4v) is 3.01. The van der Waals surface area contributed by atoms with E-state index in [1.165, 1.54) is 0 Å². The number of fused-ring (bicyclic) bond motifs is 1. The monoisotopic (exact) mass is 309 g/mol. The van der Waals surface area contributed by atoms with Crippen molar-refractivity contribution in [1.82, 2.24) is 4.98 Å². The van der Waals surface area contributed by atoms with Gasteiger partial charge in [0.1, 0.15) is 17.4 Å². The molecule has 1 fully saturated rings. The first-order valence-corrected chi connectivity index (χ1v) is 7.24. The Morgan fingerprint density at radius 1 is 1.30 bits per heavy atom. The van der Waals surface area contributed by atoms with Crippen LogP contribution in [0.4, 0.5) is 0 Å². The molecule has 3 rings (SSSR count). The Balaban J connectivity index is 2.09. The zero-order valence-electron chi connectivity index (χ0n) is 11.0. The van der Waals surface area contributed by atoms with Crippen LogP contribution in [0, 0.1) is 6.92 Å². The molecule has 1 aliphatic carbocycles. The van der Waals surface area contributed by atoms with Crippen LogP contribution in [0.15, 0.2) is 18.2 Å². The molecule has 20 heavy (non-hydrogen) atoms. The minimum Gasteiger partial charge on any atom is -0.486 e. The molecule has 1 atom stereocenters. The molecule has 1 saturated carbocycles. The number of pyridine rings is 1. The van der Waals surface area contributed by atoms with Gasteiger partial charge in [0.05, 0.1) is 10.0 Å². The summed E-state index contributed by atoms with van der Waals surface area (Å²) in [6.45, 7) is 1.90. The summed E-state index contributed by atoms with van der Waals surface area (Å²) in [6, 6.07) is 5.46. The van der Waals surface area contributed by atoms with Gasteiger partial charge in [-0.15, -0.1) is 0 Å². The van der Waals surface area contributed by atoms with E-state index in [4.69, 9.17) is 27.9 Å². The van der Waals surface area contributed by atoms with Crippen molar-refractivity contribution < 1.29 is 9.53 Å². The summed E-state index contributed by atoms with van der Waals surface area (Å²) in [5.74, 6) is 0.753. The largest absolute Gasteiger partial charge is 0.486 e. The van der Waals surface area contributed by atoms with Crippen molar-refractivity contribution in [1.29, 1.82) is 0 Å². The number of carbonyl (C=O) groups excluding carboxylic acids is 1. The lowest BCUT2D eigenvalue weighted by molar-refractivity contribution is -0.117. The predicted octanol–water partition coefficient (Wildman–Crippen LogP) is 4.35. The van der Waals surface area contributed by atoms with Gasteiger partial charge < -0.3 is 4.74 Å². The maximum atomic E-state index is 11.4. The van der Waals surface area contributed by atoms with Crippen molar-refractivity contribution in [3.8, 4) is 5.75 Å². The van der Waals surface area contributed by atoms with E-state index in [0.717, 1.165) is 17.5 Å². The zero-order valence-corrected chi connectivity index (χ0v) is 12.5. The van der Waals surface area contributed by atoms with E-state index < -0.39 is 0 Å². The van der Waals surface area contributed by atoms with E-state index in [1.807, 2.05) is 19.1 Å². The molecule has 0 radical (unpaired) electrons. The van der Waals surface area contributed by atoms with Gasteiger partial charge in [0.2, 0.25) is 0 Å². The summed E-state index contributed by atoms with van der Waals surface area (Å²) in [5.41, 5.74) is 1.52. The van der Waals surface area contributed by atoms with Gasteiger partial charge in [-0.3, -0.25) is 4.79 Å². The summed E-state index contributed by atoms with van der Waals surface area (Å²) in [4.78, 5) is 15.8. The van der Waals surface area contributed by atoms with Gasteiger partial charge in [0.15, 0.2) is 5.75 Å². The van der Waals surface area contributed by atoms with Gasteiger partial charge in [-0.2, -0.15) is 0 Å². The SMILES string of the molecule is Cc1ccc2c(Cl)cc(Cl)c(OC3CCC(=O)C3)c2n1. The van der Waals surface area contributed by atoms with E-state index in [9.17, 15) is 4.79 Å². The van der Waals surface area contributed by atoms with Crippen LogP contribution in [0.1, 0.15) is 25.0 Å². The second-order valence-corrected chi connectivity index (χ2v) is 5.85. The molecular formula is C15H13Cl2NO2. The van der Waals surface area contributed by atoms with Crippen molar-refractivity contribution in [2.24, 2.45) is 0 Å². The van der Waals surface area contributed by atoms with Crippen LogP contribution in [0.5, 0.6) is 5.75 Å². The Kier molecular flexibility index (Phi) is 3.57. The zero-order chi connectivity index (χ0) is 14.3. The molecule has 1 unspecified atom stereocenters. The molecule has 3 nitrogen and oxygen atoms in total. The summed E-state index contributed by atoms with van der Waals surface area (Å²) in [5, 5.41) is 1.79. The first-order chi connectivity index (χ1) is 9.54.